The van der Waals surface area contributed by atoms with Crippen molar-refractivity contribution in [1.29, 1.82) is 0 Å². The average Bonchev–Trinajstić information content (AvgIpc) is 3.55. The molecular formula is C23H24N4O5S. The molecule has 0 saturated carbocycles. The third-order valence-electron chi connectivity index (χ3n) is 5.16. The zero-order chi connectivity index (χ0) is 23.2. The summed E-state index contributed by atoms with van der Waals surface area (Å²) in [5.74, 6) is 1.39. The van der Waals surface area contributed by atoms with E-state index in [0.29, 0.717) is 33.5 Å². The molecule has 1 N–H and O–H groups in total. The van der Waals surface area contributed by atoms with Gasteiger partial charge in [-0.1, -0.05) is 11.3 Å². The van der Waals surface area contributed by atoms with Gasteiger partial charge < -0.3 is 24.4 Å². The van der Waals surface area contributed by atoms with Crippen LogP contribution in [0.4, 0.5) is 5.69 Å². The Balaban J connectivity index is 1.33. The largest absolute Gasteiger partial charge is 0.493 e. The lowest BCUT2D eigenvalue weighted by atomic mass is 10.2. The summed E-state index contributed by atoms with van der Waals surface area (Å²) in [6, 6.07) is 12.1. The fourth-order valence-electron chi connectivity index (χ4n) is 3.44. The van der Waals surface area contributed by atoms with Crippen LogP contribution in [0.5, 0.6) is 17.2 Å². The van der Waals surface area contributed by atoms with Gasteiger partial charge in [-0.05, 0) is 49.2 Å². The van der Waals surface area contributed by atoms with Crippen molar-refractivity contribution in [2.45, 2.75) is 19.4 Å². The highest BCUT2D eigenvalue weighted by molar-refractivity contribution is 7.13. The van der Waals surface area contributed by atoms with Crippen molar-refractivity contribution in [3.05, 3.63) is 58.0 Å². The smallest absolute Gasteiger partial charge is 0.286 e. The molecule has 0 bridgehead atoms. The van der Waals surface area contributed by atoms with Crippen molar-refractivity contribution in [2.75, 3.05) is 32.6 Å². The minimum Gasteiger partial charge on any atom is -0.493 e. The standard InChI is InChI=1S/C23H24N4O5S/c1-30-18-10-9-17(13-19(18)31-2)32-14-20-25-26-22(33-20)21(28)24-16-7-5-15(6-8-16)23(29)27-11-3-4-12-27/h5-10,13H,3-4,11-12,14H2,1-2H3,(H,24,28). The molecule has 3 aromatic rings. The van der Waals surface area contributed by atoms with Crippen molar-refractivity contribution >= 4 is 28.8 Å². The zero-order valence-electron chi connectivity index (χ0n) is 18.4. The predicted octanol–water partition coefficient (Wildman–Crippen LogP) is 3.62. The number of carbonyl (C=O) groups is 2. The van der Waals surface area contributed by atoms with Crippen LogP contribution < -0.4 is 19.5 Å². The Morgan fingerprint density at radius 3 is 2.42 bits per heavy atom. The first-order chi connectivity index (χ1) is 16.1. The Labute approximate surface area is 195 Å². The van der Waals surface area contributed by atoms with Crippen LogP contribution >= 0.6 is 11.3 Å². The second-order valence-electron chi connectivity index (χ2n) is 7.34. The van der Waals surface area contributed by atoms with Crippen LogP contribution in [-0.4, -0.2) is 54.2 Å². The summed E-state index contributed by atoms with van der Waals surface area (Å²) in [5.41, 5.74) is 1.19. The quantitative estimate of drug-likeness (QED) is 0.539. The zero-order valence-corrected chi connectivity index (χ0v) is 19.2. The molecule has 4 rings (SSSR count). The van der Waals surface area contributed by atoms with E-state index in [2.05, 4.69) is 15.5 Å². The van der Waals surface area contributed by atoms with Crippen molar-refractivity contribution in [1.82, 2.24) is 15.1 Å². The van der Waals surface area contributed by atoms with Gasteiger partial charge in [0, 0.05) is 30.4 Å². The van der Waals surface area contributed by atoms with Crippen LogP contribution in [0.2, 0.25) is 0 Å². The second-order valence-corrected chi connectivity index (χ2v) is 8.40. The van der Waals surface area contributed by atoms with Crippen molar-refractivity contribution in [2.24, 2.45) is 0 Å². The molecule has 0 atom stereocenters. The van der Waals surface area contributed by atoms with E-state index in [1.165, 1.54) is 0 Å². The van der Waals surface area contributed by atoms with Gasteiger partial charge in [0.2, 0.25) is 5.01 Å². The Kier molecular flexibility index (Phi) is 7.04. The second kappa shape index (κ2) is 10.3. The summed E-state index contributed by atoms with van der Waals surface area (Å²) in [5, 5.41) is 11.5. The van der Waals surface area contributed by atoms with Gasteiger partial charge in [-0.3, -0.25) is 9.59 Å². The molecule has 1 aromatic heterocycles. The van der Waals surface area contributed by atoms with E-state index in [9.17, 15) is 9.59 Å². The number of aromatic nitrogens is 2. The summed E-state index contributed by atoms with van der Waals surface area (Å²) in [6.07, 6.45) is 2.09. The number of anilines is 1. The number of methoxy groups -OCH3 is 2. The molecule has 0 unspecified atom stereocenters. The van der Waals surface area contributed by atoms with E-state index in [-0.39, 0.29) is 23.4 Å². The first kappa shape index (κ1) is 22.5. The average molecular weight is 469 g/mol. The topological polar surface area (TPSA) is 103 Å². The summed E-state index contributed by atoms with van der Waals surface area (Å²) < 4.78 is 16.2. The SMILES string of the molecule is COc1ccc(OCc2nnc(C(=O)Nc3ccc(C(=O)N4CCCC4)cc3)s2)cc1OC. The molecule has 0 radical (unpaired) electrons. The minimum absolute atomic E-state index is 0.0219. The molecule has 10 heteroatoms. The van der Waals surface area contributed by atoms with E-state index in [4.69, 9.17) is 14.2 Å². The third-order valence-corrected chi connectivity index (χ3v) is 6.06. The van der Waals surface area contributed by atoms with E-state index >= 15 is 0 Å². The molecule has 1 aliphatic heterocycles. The van der Waals surface area contributed by atoms with Crippen LogP contribution in [0.25, 0.3) is 0 Å². The molecule has 1 fully saturated rings. The maximum absolute atomic E-state index is 12.5. The number of nitrogens with one attached hydrogen (secondary N) is 1. The van der Waals surface area contributed by atoms with E-state index in [1.54, 1.807) is 56.7 Å². The molecule has 9 nitrogen and oxygen atoms in total. The van der Waals surface area contributed by atoms with Gasteiger partial charge in [0.05, 0.1) is 14.2 Å². The van der Waals surface area contributed by atoms with E-state index < -0.39 is 0 Å². The number of rotatable bonds is 8. The monoisotopic (exact) mass is 468 g/mol. The fourth-order valence-corrected chi connectivity index (χ4v) is 4.09. The highest BCUT2D eigenvalue weighted by Crippen LogP contribution is 2.31. The fraction of sp³-hybridized carbons (Fsp3) is 0.304. The molecule has 2 heterocycles. The van der Waals surface area contributed by atoms with Gasteiger partial charge in [0.25, 0.3) is 11.8 Å². The van der Waals surface area contributed by atoms with Gasteiger partial charge in [0.15, 0.2) is 16.5 Å². The van der Waals surface area contributed by atoms with Crippen LogP contribution in [0.15, 0.2) is 42.5 Å². The third kappa shape index (κ3) is 5.40. The van der Waals surface area contributed by atoms with Gasteiger partial charge in [-0.15, -0.1) is 10.2 Å². The number of carbonyl (C=O) groups excluding carboxylic acids is 2. The van der Waals surface area contributed by atoms with Crippen LogP contribution in [0.3, 0.4) is 0 Å². The number of hydrogen-bond donors (Lipinski definition) is 1. The van der Waals surface area contributed by atoms with Gasteiger partial charge in [-0.25, -0.2) is 0 Å². The Bertz CT molecular complexity index is 1130. The minimum atomic E-state index is -0.372. The van der Waals surface area contributed by atoms with E-state index in [0.717, 1.165) is 37.3 Å². The Morgan fingerprint density at radius 2 is 1.73 bits per heavy atom. The number of amides is 2. The molecule has 1 aliphatic rings. The number of ether oxygens (including phenoxy) is 3. The lowest BCUT2D eigenvalue weighted by Gasteiger charge is -2.15. The summed E-state index contributed by atoms with van der Waals surface area (Å²) in [6.45, 7) is 1.76. The number of nitrogens with zero attached hydrogens (tertiary/aromatic N) is 3. The highest BCUT2D eigenvalue weighted by atomic mass is 32.1. The molecular weight excluding hydrogens is 444 g/mol. The van der Waals surface area contributed by atoms with Crippen molar-refractivity contribution < 1.29 is 23.8 Å². The normalized spacial score (nSPS) is 13.0. The summed E-state index contributed by atoms with van der Waals surface area (Å²) in [7, 11) is 3.12. The Morgan fingerprint density at radius 1 is 1.00 bits per heavy atom. The molecule has 2 amide bonds. The van der Waals surface area contributed by atoms with Crippen molar-refractivity contribution in [3.8, 4) is 17.2 Å². The van der Waals surface area contributed by atoms with Crippen LogP contribution in [0.1, 0.15) is 38.0 Å². The number of benzene rings is 2. The van der Waals surface area contributed by atoms with Crippen LogP contribution in [0, 0.1) is 0 Å². The maximum atomic E-state index is 12.5. The predicted molar refractivity (Wildman–Crippen MR) is 123 cm³/mol. The first-order valence-corrected chi connectivity index (χ1v) is 11.3. The lowest BCUT2D eigenvalue weighted by molar-refractivity contribution is 0.0792. The van der Waals surface area contributed by atoms with Crippen molar-refractivity contribution in [3.63, 3.8) is 0 Å². The maximum Gasteiger partial charge on any atom is 0.286 e. The first-order valence-electron chi connectivity index (χ1n) is 10.5. The van der Waals surface area contributed by atoms with Gasteiger partial charge in [-0.2, -0.15) is 0 Å². The number of hydrogen-bond acceptors (Lipinski definition) is 8. The molecule has 0 spiro atoms. The van der Waals surface area contributed by atoms with Gasteiger partial charge in [0.1, 0.15) is 12.4 Å². The highest BCUT2D eigenvalue weighted by Gasteiger charge is 2.19. The Hall–Kier alpha value is -3.66. The lowest BCUT2D eigenvalue weighted by Crippen LogP contribution is -2.27. The summed E-state index contributed by atoms with van der Waals surface area (Å²) in [4.78, 5) is 26.8. The molecule has 2 aromatic carbocycles. The molecule has 1 saturated heterocycles. The molecule has 0 aliphatic carbocycles. The molecule has 33 heavy (non-hydrogen) atoms. The molecule has 172 valence electrons. The van der Waals surface area contributed by atoms with Gasteiger partial charge >= 0.3 is 0 Å². The number of likely N-dealkylation sites (tertiary alicyclic amines) is 1. The van der Waals surface area contributed by atoms with E-state index in [1.807, 2.05) is 4.90 Å². The summed E-state index contributed by atoms with van der Waals surface area (Å²) >= 11 is 1.15. The van der Waals surface area contributed by atoms with Crippen LogP contribution in [-0.2, 0) is 6.61 Å².